The number of hydrogen-bond acceptors (Lipinski definition) is 7. The number of nitrogens with two attached hydrogens (primary N) is 1. The molecule has 0 unspecified atom stereocenters. The maximum atomic E-state index is 5.47. The first-order valence-corrected chi connectivity index (χ1v) is 8.70. The Bertz CT molecular complexity index is 550. The predicted molar refractivity (Wildman–Crippen MR) is 93.2 cm³/mol. The predicted octanol–water partition coefficient (Wildman–Crippen LogP) is 3.09. The van der Waals surface area contributed by atoms with Crippen LogP contribution in [0.4, 0.5) is 5.13 Å². The number of anilines is 1. The van der Waals surface area contributed by atoms with Crippen molar-refractivity contribution in [3.8, 4) is 0 Å². The molecule has 1 aromatic rings. The molecular weight excluding hydrogens is 358 g/mol. The lowest BCUT2D eigenvalue weighted by molar-refractivity contribution is 1.02. The van der Waals surface area contributed by atoms with Gasteiger partial charge in [0.05, 0.1) is 11.4 Å². The average Bonchev–Trinajstić information content (AvgIpc) is 3.03. The van der Waals surface area contributed by atoms with Gasteiger partial charge in [-0.3, -0.25) is 9.98 Å². The van der Waals surface area contributed by atoms with E-state index in [9.17, 15) is 0 Å². The van der Waals surface area contributed by atoms with E-state index in [1.54, 1.807) is 23.1 Å². The van der Waals surface area contributed by atoms with Crippen molar-refractivity contribution in [1.29, 1.82) is 0 Å². The second-order valence-corrected chi connectivity index (χ2v) is 6.78. The number of halogens is 1. The van der Waals surface area contributed by atoms with Crippen molar-refractivity contribution in [3.63, 3.8) is 0 Å². The van der Waals surface area contributed by atoms with Gasteiger partial charge in [0.25, 0.3) is 0 Å². The molecule has 0 radical (unpaired) electrons. The van der Waals surface area contributed by atoms with Crippen LogP contribution in [0.5, 0.6) is 0 Å². The first kappa shape index (κ1) is 15.7. The number of aromatic nitrogens is 1. The molecule has 0 aromatic carbocycles. The zero-order valence-electron chi connectivity index (χ0n) is 11.1. The second-order valence-electron chi connectivity index (χ2n) is 3.91. The molecule has 1 aromatic heterocycles. The van der Waals surface area contributed by atoms with Gasteiger partial charge in [-0.1, -0.05) is 30.0 Å². The van der Waals surface area contributed by atoms with Crippen LogP contribution in [0.1, 0.15) is 18.2 Å². The van der Waals surface area contributed by atoms with Crippen LogP contribution < -0.4 is 11.1 Å². The summed E-state index contributed by atoms with van der Waals surface area (Å²) in [7, 11) is 0. The molecule has 1 aliphatic heterocycles. The van der Waals surface area contributed by atoms with Gasteiger partial charge in [0, 0.05) is 30.4 Å². The highest BCUT2D eigenvalue weighted by atomic mass is 79.9. The Morgan fingerprint density at radius 2 is 2.40 bits per heavy atom. The molecule has 0 aliphatic carbocycles. The fourth-order valence-corrected chi connectivity index (χ4v) is 4.16. The third kappa shape index (κ3) is 4.15. The smallest absolute Gasteiger partial charge is 0.184 e. The van der Waals surface area contributed by atoms with E-state index in [1.165, 1.54) is 0 Å². The van der Waals surface area contributed by atoms with E-state index >= 15 is 0 Å². The second kappa shape index (κ2) is 7.92. The van der Waals surface area contributed by atoms with Crippen molar-refractivity contribution in [2.24, 2.45) is 15.7 Å². The number of hydrogen-bond donors (Lipinski definition) is 2. The number of rotatable bonds is 6. The van der Waals surface area contributed by atoms with Crippen molar-refractivity contribution in [3.05, 3.63) is 20.6 Å². The standard InChI is InChI=1S/C12H16BrN5S2/c1-2-4-15-6-8-7-17-11(19-8)9-10(13)18-12(20-9)16-5-3-14/h4,6H,2-3,5,7,14H2,1H3,(H,16,18)/b8-6+,15-4?. The summed E-state index contributed by atoms with van der Waals surface area (Å²) in [6, 6.07) is 0. The van der Waals surface area contributed by atoms with Crippen molar-refractivity contribution in [1.82, 2.24) is 4.98 Å². The molecule has 2 rings (SSSR count). The van der Waals surface area contributed by atoms with Gasteiger partial charge >= 0.3 is 0 Å². The van der Waals surface area contributed by atoms with E-state index in [4.69, 9.17) is 5.73 Å². The Morgan fingerprint density at radius 3 is 3.15 bits per heavy atom. The molecule has 3 N–H and O–H groups in total. The van der Waals surface area contributed by atoms with Gasteiger partial charge < -0.3 is 11.1 Å². The van der Waals surface area contributed by atoms with E-state index in [0.717, 1.165) is 37.5 Å². The van der Waals surface area contributed by atoms with Gasteiger partial charge in [0.2, 0.25) is 0 Å². The van der Waals surface area contributed by atoms with Crippen molar-refractivity contribution >= 4 is 55.4 Å². The molecule has 0 fully saturated rings. The number of nitrogens with one attached hydrogen (secondary N) is 1. The fourth-order valence-electron chi connectivity index (χ4n) is 1.45. The Labute approximate surface area is 135 Å². The minimum absolute atomic E-state index is 0.588. The minimum Gasteiger partial charge on any atom is -0.360 e. The molecule has 0 atom stereocenters. The van der Waals surface area contributed by atoms with Crippen LogP contribution in [0, 0.1) is 0 Å². The third-order valence-electron chi connectivity index (χ3n) is 2.31. The molecule has 2 heterocycles. The molecule has 108 valence electrons. The van der Waals surface area contributed by atoms with Crippen LogP contribution in [0.25, 0.3) is 0 Å². The van der Waals surface area contributed by atoms with Gasteiger partial charge in [0.15, 0.2) is 5.13 Å². The van der Waals surface area contributed by atoms with Gasteiger partial charge in [-0.2, -0.15) is 0 Å². The molecular formula is C12H16BrN5S2. The highest BCUT2D eigenvalue weighted by Gasteiger charge is 2.20. The van der Waals surface area contributed by atoms with Crippen LogP contribution in [0.2, 0.25) is 0 Å². The average molecular weight is 374 g/mol. The molecule has 20 heavy (non-hydrogen) atoms. The first-order valence-electron chi connectivity index (χ1n) is 6.28. The lowest BCUT2D eigenvalue weighted by Crippen LogP contribution is -2.12. The number of thioether (sulfide) groups is 1. The Hall–Kier alpha value is -0.700. The van der Waals surface area contributed by atoms with Crippen LogP contribution in [0.3, 0.4) is 0 Å². The van der Waals surface area contributed by atoms with E-state index in [2.05, 4.69) is 43.1 Å². The SMILES string of the molecule is CCC=N/C=C1\CN=C(c2sc(NCCN)nc2Br)S1. The zero-order valence-corrected chi connectivity index (χ0v) is 14.3. The molecule has 1 aliphatic rings. The number of thiazole rings is 1. The zero-order chi connectivity index (χ0) is 14.4. The van der Waals surface area contributed by atoms with E-state index in [-0.39, 0.29) is 0 Å². The lowest BCUT2D eigenvalue weighted by Gasteiger charge is -1.97. The maximum Gasteiger partial charge on any atom is 0.184 e. The van der Waals surface area contributed by atoms with Crippen LogP contribution >= 0.6 is 39.0 Å². The van der Waals surface area contributed by atoms with Crippen LogP contribution in [-0.2, 0) is 0 Å². The van der Waals surface area contributed by atoms with Crippen molar-refractivity contribution in [2.75, 3.05) is 25.0 Å². The van der Waals surface area contributed by atoms with Crippen molar-refractivity contribution < 1.29 is 0 Å². The first-order chi connectivity index (χ1) is 9.74. The fraction of sp³-hybridized carbons (Fsp3) is 0.417. The Balaban J connectivity index is 2.04. The summed E-state index contributed by atoms with van der Waals surface area (Å²) in [6.07, 6.45) is 4.72. The lowest BCUT2D eigenvalue weighted by atomic mass is 10.5. The molecule has 0 spiro atoms. The number of aliphatic imine (C=N–C) groups is 2. The summed E-state index contributed by atoms with van der Waals surface area (Å²) >= 11 is 6.72. The Morgan fingerprint density at radius 1 is 1.55 bits per heavy atom. The van der Waals surface area contributed by atoms with Crippen LogP contribution in [0.15, 0.2) is 25.7 Å². The third-order valence-corrected chi connectivity index (χ3v) is 5.32. The summed E-state index contributed by atoms with van der Waals surface area (Å²) in [6.45, 7) is 4.06. The Kier molecular flexibility index (Phi) is 6.21. The molecule has 0 amide bonds. The molecule has 8 heteroatoms. The van der Waals surface area contributed by atoms with Gasteiger partial charge in [-0.05, 0) is 22.4 Å². The van der Waals surface area contributed by atoms with Gasteiger partial charge in [-0.15, -0.1) is 0 Å². The molecule has 0 bridgehead atoms. The highest BCUT2D eigenvalue weighted by Crippen LogP contribution is 2.36. The summed E-state index contributed by atoms with van der Waals surface area (Å²) < 4.78 is 0.826. The number of nitrogens with zero attached hydrogens (tertiary/aromatic N) is 3. The molecule has 0 saturated carbocycles. The van der Waals surface area contributed by atoms with Crippen molar-refractivity contribution in [2.45, 2.75) is 13.3 Å². The van der Waals surface area contributed by atoms with E-state index in [0.29, 0.717) is 13.1 Å². The summed E-state index contributed by atoms with van der Waals surface area (Å²) in [5.41, 5.74) is 5.47. The molecule has 0 saturated heterocycles. The quantitative estimate of drug-likeness (QED) is 0.751. The van der Waals surface area contributed by atoms with Gasteiger partial charge in [0.1, 0.15) is 9.65 Å². The topological polar surface area (TPSA) is 75.7 Å². The largest absolute Gasteiger partial charge is 0.360 e. The van der Waals surface area contributed by atoms with E-state index in [1.807, 2.05) is 12.4 Å². The monoisotopic (exact) mass is 373 g/mol. The van der Waals surface area contributed by atoms with Gasteiger partial charge in [-0.25, -0.2) is 4.98 Å². The minimum atomic E-state index is 0.588. The highest BCUT2D eigenvalue weighted by molar-refractivity contribution is 9.10. The summed E-state index contributed by atoms with van der Waals surface area (Å²) in [5, 5.41) is 5.04. The van der Waals surface area contributed by atoms with E-state index < -0.39 is 0 Å². The summed E-state index contributed by atoms with van der Waals surface area (Å²) in [5.74, 6) is 0. The normalized spacial score (nSPS) is 17.1. The maximum absolute atomic E-state index is 5.47. The summed E-state index contributed by atoms with van der Waals surface area (Å²) in [4.78, 5) is 15.4. The molecule has 5 nitrogen and oxygen atoms in total. The van der Waals surface area contributed by atoms with Crippen LogP contribution in [-0.4, -0.2) is 35.9 Å².